The second kappa shape index (κ2) is 8.22. The lowest BCUT2D eigenvalue weighted by molar-refractivity contribution is -0.396. The molecular weight excluding hydrogens is 408 g/mol. The van der Waals surface area contributed by atoms with Gasteiger partial charge in [0, 0.05) is 33.7 Å². The molecule has 0 saturated heterocycles. The number of pyridine rings is 1. The predicted octanol–water partition coefficient (Wildman–Crippen LogP) is 4.80. The summed E-state index contributed by atoms with van der Waals surface area (Å²) >= 11 is 0. The van der Waals surface area contributed by atoms with E-state index >= 15 is 0 Å². The third-order valence-corrected chi connectivity index (χ3v) is 5.72. The van der Waals surface area contributed by atoms with Crippen molar-refractivity contribution in [1.29, 1.82) is 0 Å². The van der Waals surface area contributed by atoms with E-state index in [0.717, 1.165) is 47.0 Å². The topological polar surface area (TPSA) is 100 Å². The highest BCUT2D eigenvalue weighted by atomic mass is 16.6. The molecule has 0 unspecified atom stereocenters. The molecule has 0 amide bonds. The molecule has 5 rings (SSSR count). The normalized spacial score (nSPS) is 12.1. The zero-order chi connectivity index (χ0) is 22.1. The van der Waals surface area contributed by atoms with Crippen LogP contribution in [0.4, 0.5) is 5.95 Å². The van der Waals surface area contributed by atoms with E-state index < -0.39 is 4.92 Å². The van der Waals surface area contributed by atoms with Crippen LogP contribution in [0, 0.1) is 10.1 Å². The van der Waals surface area contributed by atoms with Crippen molar-refractivity contribution in [3.05, 3.63) is 82.3 Å². The van der Waals surface area contributed by atoms with Gasteiger partial charge in [-0.2, -0.15) is 0 Å². The van der Waals surface area contributed by atoms with Crippen molar-refractivity contribution >= 4 is 22.5 Å². The van der Waals surface area contributed by atoms with Gasteiger partial charge in [0.15, 0.2) is 5.78 Å². The van der Waals surface area contributed by atoms with Crippen molar-refractivity contribution in [3.8, 4) is 17.0 Å². The molecule has 0 radical (unpaired) electrons. The van der Waals surface area contributed by atoms with Gasteiger partial charge < -0.3 is 14.9 Å². The molecule has 2 aromatic heterocycles. The molecule has 0 spiro atoms. The van der Waals surface area contributed by atoms with Crippen LogP contribution in [0.15, 0.2) is 61.1 Å². The van der Waals surface area contributed by atoms with Crippen LogP contribution in [0.2, 0.25) is 0 Å². The van der Waals surface area contributed by atoms with Crippen LogP contribution in [0.5, 0.6) is 5.75 Å². The average Bonchev–Trinajstić information content (AvgIpc) is 3.29. The molecule has 160 valence electrons. The zero-order valence-corrected chi connectivity index (χ0v) is 17.2. The molecule has 32 heavy (non-hydrogen) atoms. The molecule has 0 atom stereocenters. The van der Waals surface area contributed by atoms with E-state index in [4.69, 9.17) is 4.74 Å². The first-order valence-corrected chi connectivity index (χ1v) is 10.5. The molecule has 2 aromatic carbocycles. The zero-order valence-electron chi connectivity index (χ0n) is 17.2. The summed E-state index contributed by atoms with van der Waals surface area (Å²) in [6.07, 6.45) is 7.28. The van der Waals surface area contributed by atoms with E-state index in [1.54, 1.807) is 17.0 Å². The summed E-state index contributed by atoms with van der Waals surface area (Å²) in [5, 5.41) is 12.6. The van der Waals surface area contributed by atoms with Crippen LogP contribution in [-0.2, 0) is 6.54 Å². The maximum absolute atomic E-state index is 13.0. The monoisotopic (exact) mass is 428 g/mol. The van der Waals surface area contributed by atoms with Crippen LogP contribution < -0.4 is 4.74 Å². The Balaban J connectivity index is 1.27. The number of aryl methyl sites for hydroxylation is 1. The summed E-state index contributed by atoms with van der Waals surface area (Å²) in [6.45, 7) is 1.06. The summed E-state index contributed by atoms with van der Waals surface area (Å²) in [7, 11) is 0. The summed E-state index contributed by atoms with van der Waals surface area (Å²) < 4.78 is 7.60. The largest absolute Gasteiger partial charge is 0.493 e. The van der Waals surface area contributed by atoms with Gasteiger partial charge in [-0.15, -0.1) is 0 Å². The molecule has 1 aliphatic carbocycles. The van der Waals surface area contributed by atoms with Gasteiger partial charge in [0.2, 0.25) is 0 Å². The molecule has 0 bridgehead atoms. The van der Waals surface area contributed by atoms with Crippen LogP contribution in [0.1, 0.15) is 35.2 Å². The molecule has 8 nitrogen and oxygen atoms in total. The number of carbonyl (C=O) groups excluding carboxylic acids is 1. The van der Waals surface area contributed by atoms with Gasteiger partial charge in [-0.3, -0.25) is 9.78 Å². The first kappa shape index (κ1) is 19.9. The van der Waals surface area contributed by atoms with E-state index in [9.17, 15) is 14.9 Å². The standard InChI is InChI=1S/C24H20N4O4/c29-23-17-7-3-2-6-16(17)22-21-18(10-11-25-22)20(9-8-19(21)23)32-15-5-1-4-13-27-14-12-26-24(27)28(30)31/h2-3,6-12,14H,1,4-5,13,15H2. The molecule has 0 fully saturated rings. The number of nitro groups is 1. The van der Waals surface area contributed by atoms with Crippen molar-refractivity contribution in [2.75, 3.05) is 6.61 Å². The highest BCUT2D eigenvalue weighted by Gasteiger charge is 2.26. The molecule has 8 heteroatoms. The van der Waals surface area contributed by atoms with Crippen molar-refractivity contribution in [1.82, 2.24) is 14.5 Å². The maximum Gasteiger partial charge on any atom is 0.434 e. The fourth-order valence-corrected chi connectivity index (χ4v) is 4.21. The molecule has 1 aliphatic rings. The Hall–Kier alpha value is -4.07. The number of imidazole rings is 1. The highest BCUT2D eigenvalue weighted by molar-refractivity contribution is 6.25. The summed E-state index contributed by atoms with van der Waals surface area (Å²) in [5.74, 6) is 0.603. The average molecular weight is 428 g/mol. The first-order chi connectivity index (χ1) is 15.6. The number of fused-ring (bicyclic) bond motifs is 2. The predicted molar refractivity (Wildman–Crippen MR) is 119 cm³/mol. The number of ketones is 1. The van der Waals surface area contributed by atoms with Crippen molar-refractivity contribution in [2.24, 2.45) is 0 Å². The number of nitrogens with zero attached hydrogens (tertiary/aromatic N) is 4. The Morgan fingerprint density at radius 3 is 2.62 bits per heavy atom. The SMILES string of the molecule is O=C1c2ccccc2-c2nccc3c(OCCCCCn4ccnc4[N+](=O)[O-])ccc1c23. The second-order valence-corrected chi connectivity index (χ2v) is 7.65. The van der Waals surface area contributed by atoms with Crippen molar-refractivity contribution < 1.29 is 14.5 Å². The van der Waals surface area contributed by atoms with Gasteiger partial charge in [-0.25, -0.2) is 4.57 Å². The molecular formula is C24H20N4O4. The Morgan fingerprint density at radius 1 is 0.938 bits per heavy atom. The molecule has 2 heterocycles. The second-order valence-electron chi connectivity index (χ2n) is 7.65. The van der Waals surface area contributed by atoms with Gasteiger partial charge in [-0.1, -0.05) is 29.2 Å². The Morgan fingerprint density at radius 2 is 1.78 bits per heavy atom. The fourth-order valence-electron chi connectivity index (χ4n) is 4.21. The van der Waals surface area contributed by atoms with Crippen LogP contribution in [0.25, 0.3) is 22.0 Å². The number of rotatable bonds is 8. The Labute approximate surface area is 183 Å². The van der Waals surface area contributed by atoms with Crippen LogP contribution in [0.3, 0.4) is 0 Å². The van der Waals surface area contributed by atoms with Gasteiger partial charge in [0.1, 0.15) is 18.1 Å². The van der Waals surface area contributed by atoms with Gasteiger partial charge in [0.25, 0.3) is 0 Å². The lowest BCUT2D eigenvalue weighted by Crippen LogP contribution is -2.11. The maximum atomic E-state index is 13.0. The number of carbonyl (C=O) groups is 1. The van der Waals surface area contributed by atoms with E-state index in [-0.39, 0.29) is 11.7 Å². The minimum atomic E-state index is -0.473. The number of aromatic nitrogens is 3. The Kier molecular flexibility index (Phi) is 5.10. The third-order valence-electron chi connectivity index (χ3n) is 5.72. The van der Waals surface area contributed by atoms with Crippen LogP contribution >= 0.6 is 0 Å². The van der Waals surface area contributed by atoms with E-state index in [2.05, 4.69) is 9.97 Å². The smallest absolute Gasteiger partial charge is 0.434 e. The number of hydrogen-bond acceptors (Lipinski definition) is 6. The quantitative estimate of drug-likeness (QED) is 0.200. The van der Waals surface area contributed by atoms with Gasteiger partial charge in [0.05, 0.1) is 18.8 Å². The van der Waals surface area contributed by atoms with E-state index in [1.807, 2.05) is 42.5 Å². The van der Waals surface area contributed by atoms with E-state index in [1.165, 1.54) is 6.20 Å². The summed E-state index contributed by atoms with van der Waals surface area (Å²) in [5.41, 5.74) is 2.98. The highest BCUT2D eigenvalue weighted by Crippen LogP contribution is 2.40. The van der Waals surface area contributed by atoms with Gasteiger partial charge in [-0.05, 0) is 42.4 Å². The van der Waals surface area contributed by atoms with Crippen molar-refractivity contribution in [3.63, 3.8) is 0 Å². The number of ether oxygens (including phenoxy) is 1. The summed E-state index contributed by atoms with van der Waals surface area (Å²) in [6, 6.07) is 13.1. The third kappa shape index (κ3) is 3.39. The fraction of sp³-hybridized carbons (Fsp3) is 0.208. The number of benzene rings is 2. The lowest BCUT2D eigenvalue weighted by Gasteiger charge is -2.20. The van der Waals surface area contributed by atoms with Crippen LogP contribution in [-0.4, -0.2) is 31.8 Å². The molecule has 4 aromatic rings. The molecule has 0 aliphatic heterocycles. The number of hydrogen-bond donors (Lipinski definition) is 0. The van der Waals surface area contributed by atoms with E-state index in [0.29, 0.717) is 24.3 Å². The summed E-state index contributed by atoms with van der Waals surface area (Å²) in [4.78, 5) is 31.7. The first-order valence-electron chi connectivity index (χ1n) is 10.5. The Bertz CT molecular complexity index is 1350. The molecule has 0 N–H and O–H groups in total. The van der Waals surface area contributed by atoms with Crippen molar-refractivity contribution in [2.45, 2.75) is 25.8 Å². The minimum absolute atomic E-state index is 0.00578. The molecule has 0 saturated carbocycles. The lowest BCUT2D eigenvalue weighted by atomic mass is 9.85. The number of unbranched alkanes of at least 4 members (excludes halogenated alkanes) is 2. The minimum Gasteiger partial charge on any atom is -0.493 e. The van der Waals surface area contributed by atoms with Gasteiger partial charge >= 0.3 is 5.95 Å².